The Morgan fingerprint density at radius 3 is 2.64 bits per heavy atom. The van der Waals surface area contributed by atoms with Gasteiger partial charge in [0.15, 0.2) is 4.34 Å². The first-order valence-corrected chi connectivity index (χ1v) is 12.1. The molecule has 1 aliphatic rings. The van der Waals surface area contributed by atoms with Crippen LogP contribution in [0.15, 0.2) is 77.1 Å². The van der Waals surface area contributed by atoms with E-state index in [1.165, 1.54) is 28.5 Å². The Kier molecular flexibility index (Phi) is 5.89. The van der Waals surface area contributed by atoms with E-state index in [-0.39, 0.29) is 17.7 Å². The summed E-state index contributed by atoms with van der Waals surface area (Å²) in [4.78, 5) is 13.2. The number of carbonyl (C=O) groups excluding carboxylic acids is 1. The molecular formula is C24H21N5O2S2. The minimum absolute atomic E-state index is 0.0679. The molecule has 166 valence electrons. The number of anilines is 1. The average Bonchev–Trinajstić information content (AvgIpc) is 3.49. The van der Waals surface area contributed by atoms with Crippen LogP contribution in [0.1, 0.15) is 17.2 Å². The molecular weight excluding hydrogens is 454 g/mol. The van der Waals surface area contributed by atoms with Gasteiger partial charge in [-0.25, -0.2) is 5.01 Å². The van der Waals surface area contributed by atoms with E-state index in [2.05, 4.69) is 52.0 Å². The second kappa shape index (κ2) is 9.13. The number of aromatic nitrogens is 2. The van der Waals surface area contributed by atoms with Crippen molar-refractivity contribution in [3.8, 4) is 5.75 Å². The fraction of sp³-hybridized carbons (Fsp3) is 0.125. The van der Waals surface area contributed by atoms with Gasteiger partial charge in [-0.3, -0.25) is 10.2 Å². The van der Waals surface area contributed by atoms with Crippen molar-refractivity contribution in [3.05, 3.63) is 83.9 Å². The van der Waals surface area contributed by atoms with E-state index in [0.29, 0.717) is 9.47 Å². The lowest BCUT2D eigenvalue weighted by atomic mass is 10.0. The fourth-order valence-corrected chi connectivity index (χ4v) is 5.22. The third-order valence-electron chi connectivity index (χ3n) is 5.37. The molecule has 2 heterocycles. The number of nitrogens with two attached hydrogens (primary N) is 1. The summed E-state index contributed by atoms with van der Waals surface area (Å²) in [5.41, 5.74) is 11.9. The lowest BCUT2D eigenvalue weighted by Crippen LogP contribution is -2.40. The predicted molar refractivity (Wildman–Crippen MR) is 133 cm³/mol. The van der Waals surface area contributed by atoms with Crippen molar-refractivity contribution >= 4 is 50.6 Å². The minimum atomic E-state index is -0.259. The van der Waals surface area contributed by atoms with Crippen molar-refractivity contribution in [2.45, 2.75) is 10.4 Å². The molecule has 3 N–H and O–H groups in total. The molecule has 9 heteroatoms. The van der Waals surface area contributed by atoms with Gasteiger partial charge >= 0.3 is 0 Å². The van der Waals surface area contributed by atoms with Crippen molar-refractivity contribution in [2.24, 2.45) is 0 Å². The minimum Gasteiger partial charge on any atom is -0.497 e. The number of thioether (sulfide) groups is 1. The van der Waals surface area contributed by atoms with Crippen LogP contribution < -0.4 is 15.9 Å². The van der Waals surface area contributed by atoms with Crippen LogP contribution in [0.3, 0.4) is 0 Å². The second-order valence-corrected chi connectivity index (χ2v) is 9.66. The Hall–Kier alpha value is -3.56. The number of fused-ring (bicyclic) bond motifs is 1. The fourth-order valence-electron chi connectivity index (χ4n) is 3.72. The van der Waals surface area contributed by atoms with Gasteiger partial charge in [0.25, 0.3) is 5.91 Å². The first kappa shape index (κ1) is 21.3. The Morgan fingerprint density at radius 2 is 1.91 bits per heavy atom. The molecule has 0 unspecified atom stereocenters. The van der Waals surface area contributed by atoms with Gasteiger partial charge < -0.3 is 10.5 Å². The standard InChI is InChI=1S/C24H21N5O2S2/c1-31-19-10-8-16(9-11-19)21-13-20(18-7-6-15-4-2-3-5-17(15)12-18)28-29(21)22(30)14-32-24-27-26-23(25)33-24/h2-13,21,28H,14H2,1H3,(H2,25,26)/t21-/m0/s1. The molecule has 0 saturated carbocycles. The normalized spacial score (nSPS) is 15.4. The van der Waals surface area contributed by atoms with E-state index in [1.54, 1.807) is 12.1 Å². The largest absolute Gasteiger partial charge is 0.497 e. The summed E-state index contributed by atoms with van der Waals surface area (Å²) in [6, 6.07) is 22.0. The number of ether oxygens (including phenoxy) is 1. The van der Waals surface area contributed by atoms with E-state index < -0.39 is 0 Å². The number of nitrogen functional groups attached to an aromatic ring is 1. The zero-order chi connectivity index (χ0) is 22.8. The third-order valence-corrected chi connectivity index (χ3v) is 7.24. The maximum atomic E-state index is 13.2. The van der Waals surface area contributed by atoms with Gasteiger partial charge in [-0.1, -0.05) is 71.6 Å². The molecule has 0 saturated heterocycles. The van der Waals surface area contributed by atoms with E-state index in [0.717, 1.165) is 28.0 Å². The van der Waals surface area contributed by atoms with Crippen molar-refractivity contribution in [1.82, 2.24) is 20.6 Å². The van der Waals surface area contributed by atoms with E-state index in [9.17, 15) is 4.79 Å². The van der Waals surface area contributed by atoms with Gasteiger partial charge in [-0.2, -0.15) is 0 Å². The van der Waals surface area contributed by atoms with Crippen LogP contribution in [0.2, 0.25) is 0 Å². The Bertz CT molecular complexity index is 1340. The van der Waals surface area contributed by atoms with Crippen molar-refractivity contribution in [2.75, 3.05) is 18.6 Å². The lowest BCUT2D eigenvalue weighted by Gasteiger charge is -2.25. The Morgan fingerprint density at radius 1 is 1.12 bits per heavy atom. The molecule has 5 rings (SSSR count). The number of methoxy groups -OCH3 is 1. The Balaban J connectivity index is 1.43. The van der Waals surface area contributed by atoms with Crippen molar-refractivity contribution < 1.29 is 9.53 Å². The highest BCUT2D eigenvalue weighted by atomic mass is 32.2. The van der Waals surface area contributed by atoms with Crippen LogP contribution in [0.25, 0.3) is 16.5 Å². The number of rotatable bonds is 6. The zero-order valence-corrected chi connectivity index (χ0v) is 19.4. The first-order chi connectivity index (χ1) is 16.1. The van der Waals surface area contributed by atoms with Crippen LogP contribution in [0, 0.1) is 0 Å². The summed E-state index contributed by atoms with van der Waals surface area (Å²) in [5, 5.41) is 12.2. The van der Waals surface area contributed by atoms with Gasteiger partial charge in [-0.05, 0) is 46.2 Å². The number of benzene rings is 3. The van der Waals surface area contributed by atoms with Crippen molar-refractivity contribution in [3.63, 3.8) is 0 Å². The predicted octanol–water partition coefficient (Wildman–Crippen LogP) is 4.50. The molecule has 3 aromatic carbocycles. The molecule has 0 fully saturated rings. The quantitative estimate of drug-likeness (QED) is 0.397. The SMILES string of the molecule is COc1ccc([C@@H]2C=C(c3ccc4ccccc4c3)NN2C(=O)CSc2nnc(N)s2)cc1. The smallest absolute Gasteiger partial charge is 0.252 e. The molecule has 1 amide bonds. The van der Waals surface area contributed by atoms with E-state index in [4.69, 9.17) is 10.5 Å². The highest BCUT2D eigenvalue weighted by Gasteiger charge is 2.31. The summed E-state index contributed by atoms with van der Waals surface area (Å²) in [5.74, 6) is 0.917. The molecule has 1 aliphatic heterocycles. The van der Waals surface area contributed by atoms with Crippen LogP contribution >= 0.6 is 23.1 Å². The molecule has 4 aromatic rings. The topological polar surface area (TPSA) is 93.4 Å². The molecule has 0 aliphatic carbocycles. The number of hydrogen-bond acceptors (Lipinski definition) is 8. The summed E-state index contributed by atoms with van der Waals surface area (Å²) < 4.78 is 5.96. The van der Waals surface area contributed by atoms with Gasteiger partial charge in [0.05, 0.1) is 24.6 Å². The number of hydrazine groups is 1. The number of nitrogens with zero attached hydrogens (tertiary/aromatic N) is 3. The third kappa shape index (κ3) is 4.50. The number of amides is 1. The molecule has 0 bridgehead atoms. The van der Waals surface area contributed by atoms with Crippen LogP contribution in [0.5, 0.6) is 5.75 Å². The Labute approximate surface area is 199 Å². The highest BCUT2D eigenvalue weighted by Crippen LogP contribution is 2.34. The molecule has 1 atom stereocenters. The molecule has 33 heavy (non-hydrogen) atoms. The highest BCUT2D eigenvalue weighted by molar-refractivity contribution is 8.01. The van der Waals surface area contributed by atoms with Crippen LogP contribution in [-0.2, 0) is 4.79 Å². The van der Waals surface area contributed by atoms with Gasteiger partial charge in [-0.15, -0.1) is 10.2 Å². The maximum absolute atomic E-state index is 13.2. The summed E-state index contributed by atoms with van der Waals surface area (Å²) >= 11 is 2.60. The lowest BCUT2D eigenvalue weighted by molar-refractivity contribution is -0.131. The van der Waals surface area contributed by atoms with E-state index >= 15 is 0 Å². The molecule has 0 radical (unpaired) electrons. The molecule has 0 spiro atoms. The summed E-state index contributed by atoms with van der Waals surface area (Å²) in [6.45, 7) is 0. The number of hydrogen-bond donors (Lipinski definition) is 2. The second-order valence-electron chi connectivity index (χ2n) is 7.43. The number of carbonyl (C=O) groups is 1. The van der Waals surface area contributed by atoms with Crippen molar-refractivity contribution in [1.29, 1.82) is 0 Å². The summed E-state index contributed by atoms with van der Waals surface area (Å²) in [7, 11) is 1.64. The monoisotopic (exact) mass is 475 g/mol. The number of nitrogens with one attached hydrogen (secondary N) is 1. The summed E-state index contributed by atoms with van der Waals surface area (Å²) in [6.07, 6.45) is 2.08. The molecule has 1 aromatic heterocycles. The maximum Gasteiger partial charge on any atom is 0.252 e. The molecule has 7 nitrogen and oxygen atoms in total. The van der Waals surface area contributed by atoms with Crippen LogP contribution in [0.4, 0.5) is 5.13 Å². The average molecular weight is 476 g/mol. The zero-order valence-electron chi connectivity index (χ0n) is 17.8. The van der Waals surface area contributed by atoms with E-state index in [1.807, 2.05) is 36.4 Å². The van der Waals surface area contributed by atoms with Gasteiger partial charge in [0, 0.05) is 0 Å². The van der Waals surface area contributed by atoms with Crippen LogP contribution in [-0.4, -0.2) is 34.0 Å². The van der Waals surface area contributed by atoms with Gasteiger partial charge in [0.1, 0.15) is 5.75 Å². The van der Waals surface area contributed by atoms with Gasteiger partial charge in [0.2, 0.25) is 5.13 Å². The first-order valence-electron chi connectivity index (χ1n) is 10.3.